The summed E-state index contributed by atoms with van der Waals surface area (Å²) in [6.45, 7) is 5.93. The molecule has 8 nitrogen and oxygen atoms in total. The molecular formula is C21H28N8. The van der Waals surface area contributed by atoms with E-state index in [4.69, 9.17) is 9.97 Å². The Morgan fingerprint density at radius 1 is 1.00 bits per heavy atom. The number of H-pyrrole nitrogens is 1. The normalized spacial score (nSPS) is 14.8. The zero-order valence-electron chi connectivity index (χ0n) is 17.5. The van der Waals surface area contributed by atoms with Gasteiger partial charge in [0.25, 0.3) is 0 Å². The number of anilines is 4. The maximum absolute atomic E-state index is 4.91. The molecule has 1 aliphatic rings. The Bertz CT molecular complexity index is 972. The molecule has 29 heavy (non-hydrogen) atoms. The molecule has 1 saturated heterocycles. The van der Waals surface area contributed by atoms with Gasteiger partial charge in [0.2, 0.25) is 0 Å². The topological polar surface area (TPSA) is 76.2 Å². The molecule has 4 rings (SSSR count). The van der Waals surface area contributed by atoms with Gasteiger partial charge in [0.05, 0.1) is 0 Å². The third-order valence-corrected chi connectivity index (χ3v) is 5.12. The SMILES string of the molecule is Cc1cc(Nc2cc(N3CCN(C)CC3)nc(-c3cccc(N(C)C)c3)n2)n[nH]1. The Kier molecular flexibility index (Phi) is 5.35. The molecule has 1 aliphatic heterocycles. The average molecular weight is 393 g/mol. The third kappa shape index (κ3) is 4.48. The first kappa shape index (κ1) is 19.2. The van der Waals surface area contributed by atoms with Gasteiger partial charge in [-0.25, -0.2) is 9.97 Å². The van der Waals surface area contributed by atoms with E-state index in [2.05, 4.69) is 55.5 Å². The number of aryl methyl sites for hydroxylation is 1. The minimum atomic E-state index is 0.708. The Hall–Kier alpha value is -3.13. The molecule has 3 aromatic rings. The molecule has 152 valence electrons. The van der Waals surface area contributed by atoms with E-state index >= 15 is 0 Å². The van der Waals surface area contributed by atoms with E-state index in [0.717, 1.165) is 60.6 Å². The van der Waals surface area contributed by atoms with Crippen LogP contribution in [0.1, 0.15) is 5.69 Å². The summed E-state index contributed by atoms with van der Waals surface area (Å²) in [6.07, 6.45) is 0. The van der Waals surface area contributed by atoms with Crippen molar-refractivity contribution in [2.75, 3.05) is 62.4 Å². The van der Waals surface area contributed by atoms with E-state index in [9.17, 15) is 0 Å². The summed E-state index contributed by atoms with van der Waals surface area (Å²) >= 11 is 0. The summed E-state index contributed by atoms with van der Waals surface area (Å²) in [4.78, 5) is 16.4. The lowest BCUT2D eigenvalue weighted by Gasteiger charge is -2.33. The Morgan fingerprint density at radius 2 is 1.79 bits per heavy atom. The van der Waals surface area contributed by atoms with Crippen LogP contribution in [0.2, 0.25) is 0 Å². The first-order valence-electron chi connectivity index (χ1n) is 9.87. The molecular weight excluding hydrogens is 364 g/mol. The summed E-state index contributed by atoms with van der Waals surface area (Å²) in [5.41, 5.74) is 3.11. The third-order valence-electron chi connectivity index (χ3n) is 5.12. The number of aromatic amines is 1. The second-order valence-corrected chi connectivity index (χ2v) is 7.73. The lowest BCUT2D eigenvalue weighted by molar-refractivity contribution is 0.312. The van der Waals surface area contributed by atoms with Crippen molar-refractivity contribution in [3.8, 4) is 11.4 Å². The van der Waals surface area contributed by atoms with Crippen LogP contribution < -0.4 is 15.1 Å². The van der Waals surface area contributed by atoms with Gasteiger partial charge >= 0.3 is 0 Å². The van der Waals surface area contributed by atoms with Gasteiger partial charge < -0.3 is 20.0 Å². The highest BCUT2D eigenvalue weighted by atomic mass is 15.3. The molecule has 1 fully saturated rings. The summed E-state index contributed by atoms with van der Waals surface area (Å²) in [7, 11) is 6.23. The summed E-state index contributed by atoms with van der Waals surface area (Å²) < 4.78 is 0. The summed E-state index contributed by atoms with van der Waals surface area (Å²) in [5, 5.41) is 10.6. The maximum atomic E-state index is 4.91. The van der Waals surface area contributed by atoms with Crippen LogP contribution in [0, 0.1) is 6.92 Å². The highest BCUT2D eigenvalue weighted by Crippen LogP contribution is 2.27. The fraction of sp³-hybridized carbons (Fsp3) is 0.381. The number of piperazine rings is 1. The van der Waals surface area contributed by atoms with E-state index in [0.29, 0.717) is 5.82 Å². The molecule has 0 unspecified atom stereocenters. The van der Waals surface area contributed by atoms with Gasteiger partial charge in [0, 0.05) is 69.4 Å². The smallest absolute Gasteiger partial charge is 0.163 e. The van der Waals surface area contributed by atoms with Gasteiger partial charge in [-0.15, -0.1) is 0 Å². The van der Waals surface area contributed by atoms with Crippen LogP contribution in [-0.4, -0.2) is 72.4 Å². The van der Waals surface area contributed by atoms with Crippen molar-refractivity contribution < 1.29 is 0 Å². The second-order valence-electron chi connectivity index (χ2n) is 7.73. The number of likely N-dealkylation sites (N-methyl/N-ethyl adjacent to an activating group) is 1. The Labute approximate surface area is 171 Å². The van der Waals surface area contributed by atoms with Crippen LogP contribution in [0.4, 0.5) is 23.1 Å². The van der Waals surface area contributed by atoms with Gasteiger partial charge in [-0.2, -0.15) is 5.10 Å². The van der Waals surface area contributed by atoms with Crippen molar-refractivity contribution in [1.29, 1.82) is 0 Å². The van der Waals surface area contributed by atoms with E-state index in [1.165, 1.54) is 0 Å². The molecule has 0 saturated carbocycles. The average Bonchev–Trinajstić information content (AvgIpc) is 3.13. The minimum Gasteiger partial charge on any atom is -0.378 e. The Morgan fingerprint density at radius 3 is 2.48 bits per heavy atom. The van der Waals surface area contributed by atoms with Crippen molar-refractivity contribution >= 4 is 23.1 Å². The molecule has 2 aromatic heterocycles. The van der Waals surface area contributed by atoms with Crippen LogP contribution in [-0.2, 0) is 0 Å². The monoisotopic (exact) mass is 392 g/mol. The molecule has 0 bridgehead atoms. The first-order valence-corrected chi connectivity index (χ1v) is 9.87. The molecule has 1 aromatic carbocycles. The second kappa shape index (κ2) is 8.08. The van der Waals surface area contributed by atoms with Gasteiger partial charge in [-0.1, -0.05) is 12.1 Å². The number of hydrogen-bond donors (Lipinski definition) is 2. The van der Waals surface area contributed by atoms with E-state index in [1.54, 1.807) is 0 Å². The van der Waals surface area contributed by atoms with Crippen LogP contribution in [0.5, 0.6) is 0 Å². The molecule has 0 spiro atoms. The van der Waals surface area contributed by atoms with E-state index in [1.807, 2.05) is 39.2 Å². The van der Waals surface area contributed by atoms with Gasteiger partial charge in [-0.3, -0.25) is 5.10 Å². The molecule has 0 amide bonds. The highest BCUT2D eigenvalue weighted by molar-refractivity contribution is 5.67. The fourth-order valence-corrected chi connectivity index (χ4v) is 3.36. The molecule has 0 aliphatic carbocycles. The van der Waals surface area contributed by atoms with Crippen molar-refractivity contribution in [2.45, 2.75) is 6.92 Å². The van der Waals surface area contributed by atoms with Gasteiger partial charge in [-0.05, 0) is 26.1 Å². The first-order chi connectivity index (χ1) is 14.0. The summed E-state index contributed by atoms with van der Waals surface area (Å²) in [5.74, 6) is 3.14. The summed E-state index contributed by atoms with van der Waals surface area (Å²) in [6, 6.07) is 12.3. The van der Waals surface area contributed by atoms with Crippen molar-refractivity contribution in [2.24, 2.45) is 0 Å². The largest absolute Gasteiger partial charge is 0.378 e. The minimum absolute atomic E-state index is 0.708. The number of hydrogen-bond acceptors (Lipinski definition) is 7. The number of nitrogens with one attached hydrogen (secondary N) is 2. The standard InChI is InChI=1S/C21H28N8/c1-15-12-19(26-25-15)22-18-14-20(29-10-8-28(4)9-11-29)24-21(23-18)16-6-5-7-17(13-16)27(2)3/h5-7,12-14H,8-11H2,1-4H3,(H2,22,23,24,25,26). The number of rotatable bonds is 5. The van der Waals surface area contributed by atoms with Gasteiger partial charge in [0.15, 0.2) is 11.6 Å². The lowest BCUT2D eigenvalue weighted by atomic mass is 10.1. The van der Waals surface area contributed by atoms with E-state index in [-0.39, 0.29) is 0 Å². The van der Waals surface area contributed by atoms with Crippen LogP contribution in [0.15, 0.2) is 36.4 Å². The van der Waals surface area contributed by atoms with Crippen molar-refractivity contribution in [1.82, 2.24) is 25.1 Å². The van der Waals surface area contributed by atoms with Crippen LogP contribution in [0.3, 0.4) is 0 Å². The number of nitrogens with zero attached hydrogens (tertiary/aromatic N) is 6. The Balaban J connectivity index is 1.72. The quantitative estimate of drug-likeness (QED) is 0.691. The number of aromatic nitrogens is 4. The fourth-order valence-electron chi connectivity index (χ4n) is 3.36. The molecule has 8 heteroatoms. The predicted octanol–water partition coefficient (Wildman–Crippen LogP) is 2.74. The van der Waals surface area contributed by atoms with Crippen LogP contribution in [0.25, 0.3) is 11.4 Å². The van der Waals surface area contributed by atoms with Crippen molar-refractivity contribution in [3.05, 3.63) is 42.1 Å². The molecule has 0 radical (unpaired) electrons. The van der Waals surface area contributed by atoms with Crippen LogP contribution >= 0.6 is 0 Å². The van der Waals surface area contributed by atoms with Gasteiger partial charge in [0.1, 0.15) is 11.6 Å². The zero-order valence-corrected chi connectivity index (χ0v) is 17.5. The predicted molar refractivity (Wildman–Crippen MR) is 118 cm³/mol. The molecule has 2 N–H and O–H groups in total. The molecule has 3 heterocycles. The highest BCUT2D eigenvalue weighted by Gasteiger charge is 2.18. The molecule has 0 atom stereocenters. The van der Waals surface area contributed by atoms with Crippen molar-refractivity contribution in [3.63, 3.8) is 0 Å². The van der Waals surface area contributed by atoms with E-state index < -0.39 is 0 Å². The maximum Gasteiger partial charge on any atom is 0.163 e. The lowest BCUT2D eigenvalue weighted by Crippen LogP contribution is -2.44. The number of benzene rings is 1. The zero-order chi connectivity index (χ0) is 20.4.